The monoisotopic (exact) mass is 270 g/mol. The number of carbonyl (C=O) groups is 2. The fourth-order valence-corrected chi connectivity index (χ4v) is 1.94. The van der Waals surface area contributed by atoms with E-state index in [1.165, 1.54) is 12.1 Å². The molecule has 0 radical (unpaired) electrons. The lowest BCUT2D eigenvalue weighted by Crippen LogP contribution is -2.44. The zero-order valence-electron chi connectivity index (χ0n) is 10.3. The number of carbonyl (C=O) groups excluding carboxylic acids is 1. The molecule has 18 heavy (non-hydrogen) atoms. The van der Waals surface area contributed by atoms with Crippen molar-refractivity contribution in [3.8, 4) is 0 Å². The molecular formula is C13H15ClO4. The molecule has 1 N–H and O–H groups in total. The number of hydrogen-bond acceptors (Lipinski definition) is 3. The summed E-state index contributed by atoms with van der Waals surface area (Å²) in [6, 6.07) is 6.20. The summed E-state index contributed by atoms with van der Waals surface area (Å²) in [5.74, 6) is -1.96. The molecule has 1 rings (SSSR count). The molecule has 0 aliphatic heterocycles. The van der Waals surface area contributed by atoms with Crippen LogP contribution in [0, 0.1) is 0 Å². The second kappa shape index (κ2) is 5.87. The second-order valence-electron chi connectivity index (χ2n) is 3.79. The van der Waals surface area contributed by atoms with Gasteiger partial charge in [0.15, 0.2) is 5.41 Å². The molecule has 0 amide bonds. The Bertz CT molecular complexity index is 441. The van der Waals surface area contributed by atoms with Crippen molar-refractivity contribution in [2.75, 3.05) is 6.61 Å². The van der Waals surface area contributed by atoms with Crippen LogP contribution in [0.2, 0.25) is 5.02 Å². The minimum absolute atomic E-state index is 0.114. The maximum atomic E-state index is 12.0. The topological polar surface area (TPSA) is 63.6 Å². The van der Waals surface area contributed by atoms with Crippen LogP contribution in [0.5, 0.6) is 0 Å². The number of aliphatic carboxylic acids is 1. The molecule has 0 saturated heterocycles. The first-order chi connectivity index (χ1) is 8.48. The molecule has 1 aromatic rings. The maximum absolute atomic E-state index is 12.0. The van der Waals surface area contributed by atoms with E-state index < -0.39 is 17.4 Å². The summed E-state index contributed by atoms with van der Waals surface area (Å²) in [4.78, 5) is 23.5. The minimum Gasteiger partial charge on any atom is -0.480 e. The summed E-state index contributed by atoms with van der Waals surface area (Å²) in [6.07, 6.45) is 0.114. The molecule has 0 aliphatic rings. The summed E-state index contributed by atoms with van der Waals surface area (Å²) in [6.45, 7) is 3.42. The maximum Gasteiger partial charge on any atom is 0.328 e. The van der Waals surface area contributed by atoms with Gasteiger partial charge < -0.3 is 9.84 Å². The van der Waals surface area contributed by atoms with Crippen LogP contribution in [0.1, 0.15) is 25.8 Å². The Morgan fingerprint density at radius 1 is 1.28 bits per heavy atom. The van der Waals surface area contributed by atoms with Crippen molar-refractivity contribution in [1.29, 1.82) is 0 Å². The third-order valence-corrected chi connectivity index (χ3v) is 3.11. The summed E-state index contributed by atoms with van der Waals surface area (Å²) < 4.78 is 4.89. The van der Waals surface area contributed by atoms with Crippen molar-refractivity contribution in [3.63, 3.8) is 0 Å². The van der Waals surface area contributed by atoms with Crippen LogP contribution in [0.4, 0.5) is 0 Å². The van der Waals surface area contributed by atoms with Crippen LogP contribution >= 0.6 is 11.6 Å². The third kappa shape index (κ3) is 2.48. The molecule has 0 saturated carbocycles. The molecule has 0 aliphatic carbocycles. The Balaban J connectivity index is 3.31. The Hall–Kier alpha value is -1.55. The number of rotatable bonds is 5. The largest absolute Gasteiger partial charge is 0.480 e. The average Bonchev–Trinajstić information content (AvgIpc) is 2.33. The molecule has 1 aromatic carbocycles. The van der Waals surface area contributed by atoms with E-state index >= 15 is 0 Å². The highest BCUT2D eigenvalue weighted by molar-refractivity contribution is 6.30. The average molecular weight is 271 g/mol. The lowest BCUT2D eigenvalue weighted by Gasteiger charge is -2.26. The molecule has 98 valence electrons. The van der Waals surface area contributed by atoms with Crippen molar-refractivity contribution >= 4 is 23.5 Å². The number of carboxylic acids is 1. The van der Waals surface area contributed by atoms with Gasteiger partial charge in [-0.25, -0.2) is 0 Å². The zero-order chi connectivity index (χ0) is 13.8. The number of esters is 1. The van der Waals surface area contributed by atoms with Gasteiger partial charge in [-0.3, -0.25) is 9.59 Å². The van der Waals surface area contributed by atoms with Crippen molar-refractivity contribution < 1.29 is 19.4 Å². The van der Waals surface area contributed by atoms with E-state index in [1.807, 2.05) is 0 Å². The normalized spacial score (nSPS) is 13.7. The summed E-state index contributed by atoms with van der Waals surface area (Å²) in [7, 11) is 0. The fraction of sp³-hybridized carbons (Fsp3) is 0.385. The molecule has 0 fully saturated rings. The van der Waals surface area contributed by atoms with Gasteiger partial charge in [-0.2, -0.15) is 0 Å². The van der Waals surface area contributed by atoms with Crippen molar-refractivity contribution in [2.24, 2.45) is 0 Å². The number of carboxylic acid groups (broad SMARTS) is 1. The summed E-state index contributed by atoms with van der Waals surface area (Å²) >= 11 is 5.76. The zero-order valence-corrected chi connectivity index (χ0v) is 11.0. The lowest BCUT2D eigenvalue weighted by atomic mass is 9.78. The van der Waals surface area contributed by atoms with Crippen LogP contribution in [0.25, 0.3) is 0 Å². The van der Waals surface area contributed by atoms with Crippen molar-refractivity contribution in [3.05, 3.63) is 34.9 Å². The quantitative estimate of drug-likeness (QED) is 0.660. The molecule has 5 heteroatoms. The van der Waals surface area contributed by atoms with Gasteiger partial charge in [-0.15, -0.1) is 0 Å². The van der Waals surface area contributed by atoms with Crippen LogP contribution in [-0.2, 0) is 19.7 Å². The molecule has 1 atom stereocenters. The molecule has 1 unspecified atom stereocenters. The van der Waals surface area contributed by atoms with E-state index in [0.717, 1.165) is 0 Å². The van der Waals surface area contributed by atoms with Crippen LogP contribution in [-0.4, -0.2) is 23.7 Å². The lowest BCUT2D eigenvalue weighted by molar-refractivity contribution is -0.161. The van der Waals surface area contributed by atoms with Gasteiger partial charge in [0.05, 0.1) is 6.61 Å². The van der Waals surface area contributed by atoms with Crippen LogP contribution < -0.4 is 0 Å². The van der Waals surface area contributed by atoms with Gasteiger partial charge in [0.2, 0.25) is 0 Å². The number of hydrogen-bond donors (Lipinski definition) is 1. The predicted octanol–water partition coefficient (Wildman–Crippen LogP) is 2.64. The molecule has 0 aromatic heterocycles. The molecular weight excluding hydrogens is 256 g/mol. The number of halogens is 1. The first kappa shape index (κ1) is 14.5. The van der Waals surface area contributed by atoms with E-state index in [-0.39, 0.29) is 13.0 Å². The highest BCUT2D eigenvalue weighted by atomic mass is 35.5. The highest BCUT2D eigenvalue weighted by Gasteiger charge is 2.47. The minimum atomic E-state index is -1.67. The first-order valence-electron chi connectivity index (χ1n) is 5.65. The van der Waals surface area contributed by atoms with E-state index in [1.54, 1.807) is 26.0 Å². The molecule has 0 spiro atoms. The Morgan fingerprint density at radius 3 is 2.22 bits per heavy atom. The molecule has 0 heterocycles. The predicted molar refractivity (Wildman–Crippen MR) is 67.7 cm³/mol. The third-order valence-electron chi connectivity index (χ3n) is 2.86. The van der Waals surface area contributed by atoms with Gasteiger partial charge in [0, 0.05) is 5.02 Å². The van der Waals surface area contributed by atoms with E-state index in [2.05, 4.69) is 0 Å². The molecule has 4 nitrogen and oxygen atoms in total. The first-order valence-corrected chi connectivity index (χ1v) is 6.03. The number of benzene rings is 1. The van der Waals surface area contributed by atoms with E-state index in [9.17, 15) is 14.7 Å². The highest BCUT2D eigenvalue weighted by Crippen LogP contribution is 2.31. The Kier molecular flexibility index (Phi) is 4.73. The Labute approximate surface area is 111 Å². The van der Waals surface area contributed by atoms with Crippen LogP contribution in [0.3, 0.4) is 0 Å². The van der Waals surface area contributed by atoms with E-state index in [4.69, 9.17) is 16.3 Å². The van der Waals surface area contributed by atoms with Gasteiger partial charge in [-0.1, -0.05) is 30.7 Å². The SMILES string of the molecule is CCOC(=O)C(CC)(C(=O)O)c1ccc(Cl)cc1. The van der Waals surface area contributed by atoms with Crippen molar-refractivity contribution in [2.45, 2.75) is 25.7 Å². The van der Waals surface area contributed by atoms with Gasteiger partial charge in [0.1, 0.15) is 0 Å². The summed E-state index contributed by atoms with van der Waals surface area (Å²) in [5.41, 5.74) is -1.29. The van der Waals surface area contributed by atoms with Gasteiger partial charge in [0.25, 0.3) is 0 Å². The van der Waals surface area contributed by atoms with Gasteiger partial charge in [-0.05, 0) is 31.0 Å². The second-order valence-corrected chi connectivity index (χ2v) is 4.23. The van der Waals surface area contributed by atoms with Crippen LogP contribution in [0.15, 0.2) is 24.3 Å². The van der Waals surface area contributed by atoms with Crippen molar-refractivity contribution in [1.82, 2.24) is 0 Å². The van der Waals surface area contributed by atoms with E-state index in [0.29, 0.717) is 10.6 Å². The fourth-order valence-electron chi connectivity index (χ4n) is 1.82. The Morgan fingerprint density at radius 2 is 1.83 bits per heavy atom. The van der Waals surface area contributed by atoms with Gasteiger partial charge >= 0.3 is 11.9 Å². The smallest absolute Gasteiger partial charge is 0.328 e. The molecule has 0 bridgehead atoms. The summed E-state index contributed by atoms with van der Waals surface area (Å²) in [5, 5.41) is 9.89. The standard InChI is InChI=1S/C13H15ClO4/c1-3-13(11(15)16,12(17)18-4-2)9-5-7-10(14)8-6-9/h5-8H,3-4H2,1-2H3,(H,15,16). The number of ether oxygens (including phenoxy) is 1.